The van der Waals surface area contributed by atoms with Crippen molar-refractivity contribution in [2.75, 3.05) is 49.6 Å². The van der Waals surface area contributed by atoms with Crippen molar-refractivity contribution >= 4 is 17.3 Å². The molecule has 0 bridgehead atoms. The predicted molar refractivity (Wildman–Crippen MR) is 110 cm³/mol. The van der Waals surface area contributed by atoms with Crippen LogP contribution >= 0.6 is 0 Å². The maximum atomic E-state index is 13.1. The number of carbonyl (C=O) groups is 1. The fourth-order valence-corrected chi connectivity index (χ4v) is 3.84. The van der Waals surface area contributed by atoms with Gasteiger partial charge in [-0.15, -0.1) is 0 Å². The molecule has 1 amide bonds. The monoisotopic (exact) mass is 368 g/mol. The van der Waals surface area contributed by atoms with Crippen molar-refractivity contribution in [2.45, 2.75) is 19.9 Å². The van der Waals surface area contributed by atoms with Gasteiger partial charge in [0.15, 0.2) is 6.04 Å². The Morgan fingerprint density at radius 2 is 1.74 bits per heavy atom. The minimum Gasteiger partial charge on any atom is -0.495 e. The molecular formula is C22H30N3O2+. The molecule has 1 atom stereocenters. The Hall–Kier alpha value is -2.53. The molecule has 0 radical (unpaired) electrons. The van der Waals surface area contributed by atoms with Gasteiger partial charge in [0, 0.05) is 12.2 Å². The summed E-state index contributed by atoms with van der Waals surface area (Å²) in [4.78, 5) is 18.7. The SMILES string of the molecule is CCN(C(=O)[C@@H](C)[NH+]1CCN(c2ccccc2OC)CC1)c1ccccc1. The van der Waals surface area contributed by atoms with Crippen LogP contribution in [-0.2, 0) is 4.79 Å². The first kappa shape index (κ1) is 19.2. The molecule has 0 aliphatic carbocycles. The van der Waals surface area contributed by atoms with E-state index in [9.17, 15) is 4.79 Å². The maximum absolute atomic E-state index is 13.1. The van der Waals surface area contributed by atoms with E-state index in [1.807, 2.05) is 60.4 Å². The third-order valence-corrected chi connectivity index (χ3v) is 5.46. The van der Waals surface area contributed by atoms with Crippen LogP contribution in [0.25, 0.3) is 0 Å². The largest absolute Gasteiger partial charge is 0.495 e. The number of ether oxygens (including phenoxy) is 1. The number of quaternary nitrogens is 1. The zero-order valence-electron chi connectivity index (χ0n) is 16.5. The molecule has 5 heteroatoms. The summed E-state index contributed by atoms with van der Waals surface area (Å²) in [6, 6.07) is 18.0. The minimum atomic E-state index is -0.0509. The third-order valence-electron chi connectivity index (χ3n) is 5.46. The van der Waals surface area contributed by atoms with Gasteiger partial charge >= 0.3 is 0 Å². The van der Waals surface area contributed by atoms with Crippen LogP contribution in [0.1, 0.15) is 13.8 Å². The molecule has 0 saturated carbocycles. The van der Waals surface area contributed by atoms with Crippen molar-refractivity contribution in [1.29, 1.82) is 0 Å². The number of rotatable bonds is 6. The lowest BCUT2D eigenvalue weighted by Crippen LogP contribution is -3.19. The van der Waals surface area contributed by atoms with Crippen molar-refractivity contribution in [2.24, 2.45) is 0 Å². The van der Waals surface area contributed by atoms with Gasteiger partial charge in [0.05, 0.1) is 39.0 Å². The van der Waals surface area contributed by atoms with E-state index in [0.717, 1.165) is 43.3 Å². The highest BCUT2D eigenvalue weighted by Crippen LogP contribution is 2.27. The molecule has 144 valence electrons. The first-order valence-corrected chi connectivity index (χ1v) is 9.74. The first-order valence-electron chi connectivity index (χ1n) is 9.74. The van der Waals surface area contributed by atoms with Crippen molar-refractivity contribution in [3.63, 3.8) is 0 Å². The number of piperazine rings is 1. The summed E-state index contributed by atoms with van der Waals surface area (Å²) in [5.41, 5.74) is 2.11. The van der Waals surface area contributed by atoms with E-state index in [1.165, 1.54) is 4.90 Å². The summed E-state index contributed by atoms with van der Waals surface area (Å²) in [7, 11) is 1.71. The number of anilines is 2. The molecule has 0 aromatic heterocycles. The predicted octanol–water partition coefficient (Wildman–Crippen LogP) is 1.84. The van der Waals surface area contributed by atoms with Crippen LogP contribution in [0.5, 0.6) is 5.75 Å². The van der Waals surface area contributed by atoms with Crippen molar-refractivity contribution in [3.05, 3.63) is 54.6 Å². The van der Waals surface area contributed by atoms with Crippen LogP contribution in [0.15, 0.2) is 54.6 Å². The molecule has 1 aliphatic rings. The summed E-state index contributed by atoms with van der Waals surface area (Å²) in [6.45, 7) is 8.51. The second kappa shape index (κ2) is 8.91. The lowest BCUT2D eigenvalue weighted by molar-refractivity contribution is -0.914. The van der Waals surface area contributed by atoms with Crippen LogP contribution in [0.2, 0.25) is 0 Å². The molecule has 0 unspecified atom stereocenters. The van der Waals surface area contributed by atoms with Gasteiger partial charge in [0.2, 0.25) is 0 Å². The number of carbonyl (C=O) groups excluding carboxylic acids is 1. The Morgan fingerprint density at radius 3 is 2.37 bits per heavy atom. The lowest BCUT2D eigenvalue weighted by atomic mass is 10.1. The number of para-hydroxylation sites is 3. The minimum absolute atomic E-state index is 0.0509. The van der Waals surface area contributed by atoms with Crippen LogP contribution in [0, 0.1) is 0 Å². The molecule has 1 aliphatic heterocycles. The van der Waals surface area contributed by atoms with Gasteiger partial charge in [-0.1, -0.05) is 30.3 Å². The summed E-state index contributed by atoms with van der Waals surface area (Å²) in [5, 5.41) is 0. The molecule has 1 N–H and O–H groups in total. The maximum Gasteiger partial charge on any atom is 0.284 e. The molecule has 2 aromatic rings. The third kappa shape index (κ3) is 4.25. The van der Waals surface area contributed by atoms with E-state index in [0.29, 0.717) is 6.54 Å². The zero-order valence-corrected chi connectivity index (χ0v) is 16.5. The lowest BCUT2D eigenvalue weighted by Gasteiger charge is -2.37. The Labute approximate surface area is 162 Å². The van der Waals surface area contributed by atoms with E-state index in [4.69, 9.17) is 4.74 Å². The van der Waals surface area contributed by atoms with E-state index in [-0.39, 0.29) is 11.9 Å². The zero-order chi connectivity index (χ0) is 19.2. The molecule has 5 nitrogen and oxygen atoms in total. The highest BCUT2D eigenvalue weighted by molar-refractivity contribution is 5.96. The Morgan fingerprint density at radius 1 is 1.11 bits per heavy atom. The van der Waals surface area contributed by atoms with Crippen molar-refractivity contribution in [3.8, 4) is 5.75 Å². The van der Waals surface area contributed by atoms with Crippen LogP contribution < -0.4 is 19.4 Å². The van der Waals surface area contributed by atoms with Gasteiger partial charge in [0.25, 0.3) is 5.91 Å². The van der Waals surface area contributed by atoms with Gasteiger partial charge < -0.3 is 19.4 Å². The number of benzene rings is 2. The second-order valence-electron chi connectivity index (χ2n) is 6.96. The Kier molecular flexibility index (Phi) is 6.35. The number of amides is 1. The first-order chi connectivity index (χ1) is 13.2. The van der Waals surface area contributed by atoms with Gasteiger partial charge in [-0.25, -0.2) is 0 Å². The summed E-state index contributed by atoms with van der Waals surface area (Å²) < 4.78 is 5.50. The van der Waals surface area contributed by atoms with Crippen LogP contribution in [-0.4, -0.2) is 51.8 Å². The Balaban J connectivity index is 1.64. The van der Waals surface area contributed by atoms with E-state index < -0.39 is 0 Å². The molecular weight excluding hydrogens is 338 g/mol. The fraction of sp³-hybridized carbons (Fsp3) is 0.409. The topological polar surface area (TPSA) is 37.2 Å². The average Bonchev–Trinajstić information content (AvgIpc) is 2.74. The highest BCUT2D eigenvalue weighted by Gasteiger charge is 2.32. The number of hydrogen-bond acceptors (Lipinski definition) is 3. The second-order valence-corrected chi connectivity index (χ2v) is 6.96. The molecule has 0 spiro atoms. The summed E-state index contributed by atoms with van der Waals surface area (Å²) in [6.07, 6.45) is 0. The molecule has 3 rings (SSSR count). The summed E-state index contributed by atoms with van der Waals surface area (Å²) >= 11 is 0. The van der Waals surface area contributed by atoms with Gasteiger partial charge in [0.1, 0.15) is 5.75 Å². The van der Waals surface area contributed by atoms with E-state index >= 15 is 0 Å². The standard InChI is InChI=1S/C22H29N3O2/c1-4-25(19-10-6-5-7-11-19)22(26)18(2)23-14-16-24(17-15-23)20-12-8-9-13-21(20)27-3/h5-13,18H,4,14-17H2,1-3H3/p+1/t18-/m1/s1. The van der Waals surface area contributed by atoms with Gasteiger partial charge in [-0.05, 0) is 38.1 Å². The van der Waals surface area contributed by atoms with Crippen LogP contribution in [0.4, 0.5) is 11.4 Å². The smallest absolute Gasteiger partial charge is 0.284 e. The Bertz CT molecular complexity index is 742. The van der Waals surface area contributed by atoms with Gasteiger partial charge in [-0.3, -0.25) is 4.79 Å². The molecule has 1 heterocycles. The summed E-state index contributed by atoms with van der Waals surface area (Å²) in [5.74, 6) is 1.11. The number of likely N-dealkylation sites (N-methyl/N-ethyl adjacent to an activating group) is 1. The van der Waals surface area contributed by atoms with E-state index in [1.54, 1.807) is 7.11 Å². The molecule has 1 fully saturated rings. The molecule has 1 saturated heterocycles. The average molecular weight is 369 g/mol. The number of methoxy groups -OCH3 is 1. The normalized spacial score (nSPS) is 16.0. The van der Waals surface area contributed by atoms with Gasteiger partial charge in [-0.2, -0.15) is 0 Å². The molecule has 2 aromatic carbocycles. The number of hydrogen-bond donors (Lipinski definition) is 1. The van der Waals surface area contributed by atoms with E-state index in [2.05, 4.69) is 17.9 Å². The molecule has 27 heavy (non-hydrogen) atoms. The quantitative estimate of drug-likeness (QED) is 0.845. The van der Waals surface area contributed by atoms with Crippen LogP contribution in [0.3, 0.4) is 0 Å². The fourth-order valence-electron chi connectivity index (χ4n) is 3.84. The highest BCUT2D eigenvalue weighted by atomic mass is 16.5. The number of nitrogens with zero attached hydrogens (tertiary/aromatic N) is 2. The van der Waals surface area contributed by atoms with Crippen molar-refractivity contribution < 1.29 is 14.4 Å². The van der Waals surface area contributed by atoms with Crippen molar-refractivity contribution in [1.82, 2.24) is 0 Å². The number of nitrogens with one attached hydrogen (secondary N) is 1.